The van der Waals surface area contributed by atoms with Crippen LogP contribution in [-0.4, -0.2) is 31.0 Å². The minimum absolute atomic E-state index is 0.0344. The van der Waals surface area contributed by atoms with Crippen molar-refractivity contribution in [3.05, 3.63) is 29.8 Å². The Morgan fingerprint density at radius 3 is 2.67 bits per heavy atom. The molecule has 0 fully saturated rings. The van der Waals surface area contributed by atoms with Gasteiger partial charge >= 0.3 is 0 Å². The molecule has 0 aliphatic carbocycles. The van der Waals surface area contributed by atoms with Gasteiger partial charge in [0.25, 0.3) is 0 Å². The van der Waals surface area contributed by atoms with Gasteiger partial charge < -0.3 is 15.4 Å². The number of carbonyl (C=O) groups excluding carboxylic acids is 1. The Hall–Kier alpha value is -1.55. The summed E-state index contributed by atoms with van der Waals surface area (Å²) in [5.41, 5.74) is 6.88. The fraction of sp³-hybridized carbons (Fsp3) is 0.500. The van der Waals surface area contributed by atoms with E-state index in [0.717, 1.165) is 11.3 Å². The summed E-state index contributed by atoms with van der Waals surface area (Å²) in [4.78, 5) is 13.7. The molecule has 0 saturated carbocycles. The van der Waals surface area contributed by atoms with E-state index >= 15 is 0 Å². The van der Waals surface area contributed by atoms with Gasteiger partial charge in [0.2, 0.25) is 5.91 Å². The highest BCUT2D eigenvalue weighted by atomic mass is 16.5. The average molecular weight is 250 g/mol. The van der Waals surface area contributed by atoms with Gasteiger partial charge in [-0.3, -0.25) is 4.79 Å². The number of amides is 1. The number of nitrogens with zero attached hydrogens (tertiary/aromatic N) is 1. The maximum Gasteiger partial charge on any atom is 0.239 e. The molecule has 0 radical (unpaired) electrons. The molecule has 1 rings (SSSR count). The zero-order chi connectivity index (χ0) is 13.7. The van der Waals surface area contributed by atoms with Crippen LogP contribution in [0, 0.1) is 5.92 Å². The Morgan fingerprint density at radius 1 is 1.44 bits per heavy atom. The second kappa shape index (κ2) is 6.40. The Balaban J connectivity index is 2.69. The van der Waals surface area contributed by atoms with Crippen molar-refractivity contribution in [3.63, 3.8) is 0 Å². The number of hydrogen-bond acceptors (Lipinski definition) is 3. The lowest BCUT2D eigenvalue weighted by Gasteiger charge is -2.23. The number of rotatable bonds is 5. The van der Waals surface area contributed by atoms with Crippen molar-refractivity contribution in [3.8, 4) is 5.75 Å². The number of ether oxygens (including phenoxy) is 1. The van der Waals surface area contributed by atoms with Crippen LogP contribution >= 0.6 is 0 Å². The average Bonchev–Trinajstić information content (AvgIpc) is 2.36. The molecule has 1 aromatic rings. The van der Waals surface area contributed by atoms with Crippen LogP contribution in [0.25, 0.3) is 0 Å². The van der Waals surface area contributed by atoms with E-state index in [1.807, 2.05) is 38.1 Å². The van der Waals surface area contributed by atoms with E-state index < -0.39 is 6.04 Å². The van der Waals surface area contributed by atoms with Crippen molar-refractivity contribution in [1.82, 2.24) is 4.90 Å². The van der Waals surface area contributed by atoms with Crippen molar-refractivity contribution in [2.24, 2.45) is 11.7 Å². The van der Waals surface area contributed by atoms with Crippen LogP contribution in [0.15, 0.2) is 24.3 Å². The van der Waals surface area contributed by atoms with E-state index in [4.69, 9.17) is 10.5 Å². The number of hydrogen-bond donors (Lipinski definition) is 1. The summed E-state index contributed by atoms with van der Waals surface area (Å²) in [7, 11) is 3.40. The summed E-state index contributed by atoms with van der Waals surface area (Å²) >= 11 is 0. The standard InChI is InChI=1S/C14H22N2O2/c1-10(2)13(15)14(17)16(3)9-11-6-5-7-12(8-11)18-4/h5-8,10,13H,9,15H2,1-4H3/t13-/m0/s1. The lowest BCUT2D eigenvalue weighted by molar-refractivity contribution is -0.132. The molecule has 18 heavy (non-hydrogen) atoms. The zero-order valence-electron chi connectivity index (χ0n) is 11.5. The quantitative estimate of drug-likeness (QED) is 0.864. The van der Waals surface area contributed by atoms with E-state index in [1.165, 1.54) is 0 Å². The predicted octanol–water partition coefficient (Wildman–Crippen LogP) is 1.64. The van der Waals surface area contributed by atoms with E-state index in [1.54, 1.807) is 19.1 Å². The Labute approximate surface area is 109 Å². The molecular weight excluding hydrogens is 228 g/mol. The molecule has 0 saturated heterocycles. The Bertz CT molecular complexity index is 405. The molecule has 1 atom stereocenters. The van der Waals surface area contributed by atoms with Gasteiger partial charge in [0.1, 0.15) is 5.75 Å². The first-order chi connectivity index (χ1) is 8.45. The first kappa shape index (κ1) is 14.5. The number of nitrogens with two attached hydrogens (primary N) is 1. The molecule has 1 aromatic carbocycles. The van der Waals surface area contributed by atoms with Gasteiger partial charge in [-0.15, -0.1) is 0 Å². The molecule has 0 aliphatic rings. The van der Waals surface area contributed by atoms with Crippen LogP contribution in [-0.2, 0) is 11.3 Å². The molecule has 100 valence electrons. The SMILES string of the molecule is COc1cccc(CN(C)C(=O)[C@@H](N)C(C)C)c1. The summed E-state index contributed by atoms with van der Waals surface area (Å²) in [6, 6.07) is 7.23. The second-order valence-corrected chi connectivity index (χ2v) is 4.82. The van der Waals surface area contributed by atoms with Crippen LogP contribution in [0.3, 0.4) is 0 Å². The van der Waals surface area contributed by atoms with Gasteiger partial charge in [0.05, 0.1) is 13.2 Å². The highest BCUT2D eigenvalue weighted by Crippen LogP contribution is 2.14. The van der Waals surface area contributed by atoms with Crippen LogP contribution in [0.2, 0.25) is 0 Å². The normalized spacial score (nSPS) is 12.3. The number of likely N-dealkylation sites (N-methyl/N-ethyl adjacent to an activating group) is 1. The lowest BCUT2D eigenvalue weighted by atomic mass is 10.0. The second-order valence-electron chi connectivity index (χ2n) is 4.82. The lowest BCUT2D eigenvalue weighted by Crippen LogP contribution is -2.44. The molecule has 0 heterocycles. The maximum atomic E-state index is 12.0. The third-order valence-corrected chi connectivity index (χ3v) is 2.93. The van der Waals surface area contributed by atoms with Crippen LogP contribution in [0.4, 0.5) is 0 Å². The third-order valence-electron chi connectivity index (χ3n) is 2.93. The van der Waals surface area contributed by atoms with Crippen molar-refractivity contribution in [1.29, 1.82) is 0 Å². The van der Waals surface area contributed by atoms with Crippen molar-refractivity contribution in [2.45, 2.75) is 26.4 Å². The fourth-order valence-electron chi connectivity index (χ4n) is 1.66. The third kappa shape index (κ3) is 3.74. The predicted molar refractivity (Wildman–Crippen MR) is 72.3 cm³/mol. The summed E-state index contributed by atoms with van der Waals surface area (Å²) < 4.78 is 5.15. The van der Waals surface area contributed by atoms with Crippen molar-refractivity contribution in [2.75, 3.05) is 14.2 Å². The molecule has 4 heteroatoms. The van der Waals surface area contributed by atoms with Gasteiger partial charge in [0.15, 0.2) is 0 Å². The Morgan fingerprint density at radius 2 is 2.11 bits per heavy atom. The zero-order valence-corrected chi connectivity index (χ0v) is 11.5. The molecule has 0 unspecified atom stereocenters. The number of carbonyl (C=O) groups is 1. The van der Waals surface area contributed by atoms with Gasteiger partial charge in [0, 0.05) is 13.6 Å². The maximum absolute atomic E-state index is 12.0. The van der Waals surface area contributed by atoms with E-state index in [2.05, 4.69) is 0 Å². The molecule has 1 amide bonds. The summed E-state index contributed by atoms with van der Waals surface area (Å²) in [6.07, 6.45) is 0. The monoisotopic (exact) mass is 250 g/mol. The van der Waals surface area contributed by atoms with Gasteiger partial charge in [-0.1, -0.05) is 26.0 Å². The Kier molecular flexibility index (Phi) is 5.16. The smallest absolute Gasteiger partial charge is 0.239 e. The summed E-state index contributed by atoms with van der Waals surface area (Å²) in [6.45, 7) is 4.43. The molecular formula is C14H22N2O2. The van der Waals surface area contributed by atoms with E-state index in [0.29, 0.717) is 6.54 Å². The number of methoxy groups -OCH3 is 1. The van der Waals surface area contributed by atoms with Crippen LogP contribution in [0.5, 0.6) is 5.75 Å². The molecule has 2 N–H and O–H groups in total. The minimum atomic E-state index is -0.444. The first-order valence-corrected chi connectivity index (χ1v) is 6.09. The first-order valence-electron chi connectivity index (χ1n) is 6.09. The van der Waals surface area contributed by atoms with Gasteiger partial charge in [-0.05, 0) is 23.6 Å². The van der Waals surface area contributed by atoms with Gasteiger partial charge in [-0.25, -0.2) is 0 Å². The highest BCUT2D eigenvalue weighted by Gasteiger charge is 2.20. The van der Waals surface area contributed by atoms with Gasteiger partial charge in [-0.2, -0.15) is 0 Å². The molecule has 0 aromatic heterocycles. The van der Waals surface area contributed by atoms with Crippen LogP contribution < -0.4 is 10.5 Å². The largest absolute Gasteiger partial charge is 0.497 e. The van der Waals surface area contributed by atoms with Crippen molar-refractivity contribution >= 4 is 5.91 Å². The number of benzene rings is 1. The summed E-state index contributed by atoms with van der Waals surface area (Å²) in [5, 5.41) is 0. The van der Waals surface area contributed by atoms with E-state index in [-0.39, 0.29) is 11.8 Å². The molecule has 0 bridgehead atoms. The van der Waals surface area contributed by atoms with E-state index in [9.17, 15) is 4.79 Å². The topological polar surface area (TPSA) is 55.6 Å². The highest BCUT2D eigenvalue weighted by molar-refractivity contribution is 5.81. The molecule has 4 nitrogen and oxygen atoms in total. The van der Waals surface area contributed by atoms with Crippen LogP contribution in [0.1, 0.15) is 19.4 Å². The minimum Gasteiger partial charge on any atom is -0.497 e. The molecule has 0 spiro atoms. The fourth-order valence-corrected chi connectivity index (χ4v) is 1.66. The molecule has 0 aliphatic heterocycles. The summed E-state index contributed by atoms with van der Waals surface area (Å²) in [5.74, 6) is 0.902. The van der Waals surface area contributed by atoms with Crippen molar-refractivity contribution < 1.29 is 9.53 Å².